The zero-order chi connectivity index (χ0) is 22.5. The summed E-state index contributed by atoms with van der Waals surface area (Å²) < 4.78 is 0. The first-order valence-corrected chi connectivity index (χ1v) is 8.29. The molecule has 0 aliphatic rings. The minimum atomic E-state index is -1.82. The predicted molar refractivity (Wildman–Crippen MR) is 102 cm³/mol. The number of hydrogen-bond acceptors (Lipinski definition) is 7. The monoisotopic (exact) mass is 421 g/mol. The first-order valence-electron chi connectivity index (χ1n) is 8.29. The van der Waals surface area contributed by atoms with Gasteiger partial charge in [-0.05, 0) is 25.0 Å². The lowest BCUT2D eigenvalue weighted by molar-refractivity contribution is -0.159. The zero-order valence-corrected chi connectivity index (χ0v) is 15.4. The van der Waals surface area contributed by atoms with E-state index in [1.807, 2.05) is 30.5 Å². The van der Waals surface area contributed by atoms with E-state index in [-0.39, 0.29) is 0 Å². The molecule has 3 aromatic rings. The van der Waals surface area contributed by atoms with Gasteiger partial charge in [0.1, 0.15) is 0 Å². The van der Waals surface area contributed by atoms with Gasteiger partial charge in [0, 0.05) is 18.4 Å². The van der Waals surface area contributed by atoms with Gasteiger partial charge < -0.3 is 35.7 Å². The molecule has 0 spiro atoms. The number of rotatable bonds is 5. The summed E-state index contributed by atoms with van der Waals surface area (Å²) in [6.07, 6.45) is 5.61. The van der Waals surface area contributed by atoms with Gasteiger partial charge >= 0.3 is 23.9 Å². The van der Waals surface area contributed by atoms with E-state index < -0.39 is 23.9 Å². The Morgan fingerprint density at radius 3 is 2.03 bits per heavy atom. The third-order valence-corrected chi connectivity index (χ3v) is 3.23. The Hall–Kier alpha value is -4.42. The number of para-hydroxylation sites is 2. The minimum Gasteiger partial charge on any atom is -0.473 e. The maximum atomic E-state index is 9.10. The number of aromatic nitrogens is 4. The van der Waals surface area contributed by atoms with Gasteiger partial charge in [-0.3, -0.25) is 0 Å². The van der Waals surface area contributed by atoms with Crippen LogP contribution < -0.4 is 5.32 Å². The van der Waals surface area contributed by atoms with Crippen LogP contribution in [0.5, 0.6) is 0 Å². The molecule has 13 nitrogen and oxygen atoms in total. The molecule has 0 aliphatic carbocycles. The van der Waals surface area contributed by atoms with Crippen LogP contribution in [0.2, 0.25) is 0 Å². The van der Waals surface area contributed by atoms with Gasteiger partial charge in [0.15, 0.2) is 0 Å². The molecule has 0 saturated heterocycles. The molecule has 2 heterocycles. The van der Waals surface area contributed by atoms with Crippen molar-refractivity contribution in [2.24, 2.45) is 0 Å². The number of hydrogen-bond donors (Lipinski definition) is 7. The maximum Gasteiger partial charge on any atom is 0.414 e. The molecule has 0 saturated carbocycles. The molecule has 3 rings (SSSR count). The molecule has 30 heavy (non-hydrogen) atoms. The lowest BCUT2D eigenvalue weighted by Gasteiger charge is -2.01. The molecule has 0 aliphatic heterocycles. The Morgan fingerprint density at radius 2 is 1.53 bits per heavy atom. The molecule has 2 aromatic heterocycles. The number of carbonyl (C=O) groups is 4. The van der Waals surface area contributed by atoms with E-state index in [0.717, 1.165) is 36.4 Å². The first kappa shape index (κ1) is 23.6. The summed E-state index contributed by atoms with van der Waals surface area (Å²) in [6, 6.07) is 8.02. The van der Waals surface area contributed by atoms with E-state index in [1.165, 1.54) is 5.69 Å². The number of anilines is 1. The number of aromatic amines is 2. The number of imidazole rings is 2. The number of carboxylic acids is 4. The molecular weight excluding hydrogens is 402 g/mol. The number of carboxylic acid groups (broad SMARTS) is 4. The van der Waals surface area contributed by atoms with Crippen LogP contribution in [0.3, 0.4) is 0 Å². The summed E-state index contributed by atoms with van der Waals surface area (Å²) in [4.78, 5) is 51.2. The van der Waals surface area contributed by atoms with Gasteiger partial charge in [0.25, 0.3) is 0 Å². The largest absolute Gasteiger partial charge is 0.473 e. The molecule has 0 unspecified atom stereocenters. The Bertz CT molecular complexity index is 902. The number of aryl methyl sites for hydroxylation is 1. The number of nitrogens with one attached hydrogen (secondary N) is 3. The van der Waals surface area contributed by atoms with Gasteiger partial charge in [-0.2, -0.15) is 0 Å². The summed E-state index contributed by atoms with van der Waals surface area (Å²) in [7, 11) is 0. The highest BCUT2D eigenvalue weighted by molar-refractivity contribution is 6.27. The SMILES string of the molecule is O=C(O)C(=O)O.O=C(O)C(=O)O.c1ccc2[nH]c(NCCCc3cnc[nH]3)nc2c1. The first-order chi connectivity index (χ1) is 14.2. The fourth-order valence-corrected chi connectivity index (χ4v) is 1.94. The minimum absolute atomic E-state index is 0.834. The molecule has 160 valence electrons. The van der Waals surface area contributed by atoms with Crippen molar-refractivity contribution in [3.63, 3.8) is 0 Å². The molecule has 7 N–H and O–H groups in total. The molecule has 13 heteroatoms. The van der Waals surface area contributed by atoms with Crippen molar-refractivity contribution in [2.45, 2.75) is 12.8 Å². The van der Waals surface area contributed by atoms with E-state index in [9.17, 15) is 0 Å². The number of nitrogens with zero attached hydrogens (tertiary/aromatic N) is 2. The van der Waals surface area contributed by atoms with Crippen LogP contribution in [-0.2, 0) is 25.6 Å². The number of H-pyrrole nitrogens is 2. The zero-order valence-electron chi connectivity index (χ0n) is 15.4. The van der Waals surface area contributed by atoms with E-state index >= 15 is 0 Å². The van der Waals surface area contributed by atoms with Crippen molar-refractivity contribution in [1.29, 1.82) is 0 Å². The van der Waals surface area contributed by atoms with E-state index in [2.05, 4.69) is 25.3 Å². The molecule has 0 bridgehead atoms. The topological polar surface area (TPSA) is 219 Å². The van der Waals surface area contributed by atoms with Crippen molar-refractivity contribution < 1.29 is 39.6 Å². The fourth-order valence-electron chi connectivity index (χ4n) is 1.94. The van der Waals surface area contributed by atoms with Gasteiger partial charge in [0.2, 0.25) is 5.95 Å². The second-order valence-electron chi connectivity index (χ2n) is 5.43. The second-order valence-corrected chi connectivity index (χ2v) is 5.43. The molecule has 0 radical (unpaired) electrons. The van der Waals surface area contributed by atoms with E-state index in [4.69, 9.17) is 39.6 Å². The fraction of sp³-hybridized carbons (Fsp3) is 0.176. The van der Waals surface area contributed by atoms with E-state index in [1.54, 1.807) is 6.33 Å². The summed E-state index contributed by atoms with van der Waals surface area (Å²) >= 11 is 0. The maximum absolute atomic E-state index is 9.10. The van der Waals surface area contributed by atoms with Gasteiger partial charge in [-0.15, -0.1) is 0 Å². The Balaban J connectivity index is 0.000000312. The Labute approximate surface area is 168 Å². The van der Waals surface area contributed by atoms with Crippen molar-refractivity contribution in [1.82, 2.24) is 19.9 Å². The summed E-state index contributed by atoms with van der Waals surface area (Å²) in [5, 5.41) is 32.9. The van der Waals surface area contributed by atoms with Crippen molar-refractivity contribution in [3.8, 4) is 0 Å². The lowest BCUT2D eigenvalue weighted by Crippen LogP contribution is -2.09. The smallest absolute Gasteiger partial charge is 0.414 e. The third kappa shape index (κ3) is 8.98. The second kappa shape index (κ2) is 12.1. The van der Waals surface area contributed by atoms with Crippen LogP contribution in [0.25, 0.3) is 11.0 Å². The van der Waals surface area contributed by atoms with Crippen LogP contribution in [0.4, 0.5) is 5.95 Å². The van der Waals surface area contributed by atoms with Crippen LogP contribution >= 0.6 is 0 Å². The van der Waals surface area contributed by atoms with Crippen molar-refractivity contribution in [3.05, 3.63) is 42.5 Å². The van der Waals surface area contributed by atoms with Crippen LogP contribution in [0, 0.1) is 0 Å². The third-order valence-electron chi connectivity index (χ3n) is 3.23. The lowest BCUT2D eigenvalue weighted by atomic mass is 10.2. The summed E-state index contributed by atoms with van der Waals surface area (Å²) in [6.45, 7) is 0.888. The summed E-state index contributed by atoms with van der Waals surface area (Å²) in [5.41, 5.74) is 3.23. The standard InChI is InChI=1S/C13H15N5.2C2H2O4/c1-2-6-12-11(5-1)17-13(18-12)15-7-3-4-10-8-14-9-16-10;2*3-1(4)2(5)6/h1-2,5-6,8-9H,3-4,7H2,(H,14,16)(H2,15,17,18);2*(H,3,4)(H,5,6). The highest BCUT2D eigenvalue weighted by Gasteiger charge is 2.04. The number of fused-ring (bicyclic) bond motifs is 1. The van der Waals surface area contributed by atoms with Crippen molar-refractivity contribution in [2.75, 3.05) is 11.9 Å². The van der Waals surface area contributed by atoms with Crippen LogP contribution in [0.1, 0.15) is 12.1 Å². The van der Waals surface area contributed by atoms with Crippen LogP contribution in [0.15, 0.2) is 36.8 Å². The van der Waals surface area contributed by atoms with Gasteiger partial charge in [-0.25, -0.2) is 29.1 Å². The molecule has 1 aromatic carbocycles. The number of aliphatic carboxylic acids is 4. The Morgan fingerprint density at radius 1 is 0.933 bits per heavy atom. The van der Waals surface area contributed by atoms with Gasteiger partial charge in [0.05, 0.1) is 17.4 Å². The normalized spacial score (nSPS) is 9.47. The van der Waals surface area contributed by atoms with E-state index in [0.29, 0.717) is 0 Å². The molecular formula is C17H19N5O8. The molecule has 0 atom stereocenters. The number of benzene rings is 1. The van der Waals surface area contributed by atoms with Gasteiger partial charge in [-0.1, -0.05) is 12.1 Å². The average molecular weight is 421 g/mol. The van der Waals surface area contributed by atoms with Crippen LogP contribution in [-0.4, -0.2) is 70.8 Å². The Kier molecular flexibility index (Phi) is 9.54. The quantitative estimate of drug-likeness (QED) is 0.224. The average Bonchev–Trinajstić information content (AvgIpc) is 3.35. The molecule has 0 fully saturated rings. The highest BCUT2D eigenvalue weighted by atomic mass is 16.4. The highest BCUT2D eigenvalue weighted by Crippen LogP contribution is 2.13. The van der Waals surface area contributed by atoms with Crippen molar-refractivity contribution >= 4 is 40.9 Å². The summed E-state index contributed by atoms with van der Waals surface area (Å²) in [5.74, 6) is -6.46. The predicted octanol–water partition coefficient (Wildman–Crippen LogP) is 0.642. The molecule has 0 amide bonds.